The van der Waals surface area contributed by atoms with Crippen LogP contribution in [0.1, 0.15) is 31.6 Å². The van der Waals surface area contributed by atoms with Gasteiger partial charge in [-0.25, -0.2) is 5.01 Å². The Bertz CT molecular complexity index is 1090. The summed E-state index contributed by atoms with van der Waals surface area (Å²) < 4.78 is 11.2. The number of hydrogen-bond acceptors (Lipinski definition) is 5. The van der Waals surface area contributed by atoms with Crippen LogP contribution in [0.2, 0.25) is 0 Å². The monoisotopic (exact) mass is 391 g/mol. The molecule has 1 N–H and O–H groups in total. The predicted molar refractivity (Wildman–Crippen MR) is 110 cm³/mol. The van der Waals surface area contributed by atoms with Crippen molar-refractivity contribution < 1.29 is 18.7 Å². The summed E-state index contributed by atoms with van der Waals surface area (Å²) in [5.41, 5.74) is 1.59. The third-order valence-electron chi connectivity index (χ3n) is 4.82. The highest BCUT2D eigenvalue weighted by Crippen LogP contribution is 2.31. The fourth-order valence-corrected chi connectivity index (χ4v) is 3.27. The Kier molecular flexibility index (Phi) is 5.03. The molecule has 2 aromatic carbocycles. The Labute approximate surface area is 167 Å². The Morgan fingerprint density at radius 3 is 2.72 bits per heavy atom. The molecular weight excluding hydrogens is 370 g/mol. The average molecular weight is 391 g/mol. The van der Waals surface area contributed by atoms with Crippen molar-refractivity contribution in [3.63, 3.8) is 0 Å². The molecule has 29 heavy (non-hydrogen) atoms. The van der Waals surface area contributed by atoms with Crippen molar-refractivity contribution in [1.82, 2.24) is 5.32 Å². The van der Waals surface area contributed by atoms with Gasteiger partial charge in [0.2, 0.25) is 5.91 Å². The molecule has 7 heteroatoms. The Balaban J connectivity index is 1.53. The maximum absolute atomic E-state index is 12.8. The highest BCUT2D eigenvalue weighted by atomic mass is 16.5. The van der Waals surface area contributed by atoms with Crippen LogP contribution < -0.4 is 15.1 Å². The lowest BCUT2D eigenvalue weighted by molar-refractivity contribution is -0.119. The number of rotatable bonds is 5. The molecule has 1 aromatic heterocycles. The smallest absolute Gasteiger partial charge is 0.268 e. The van der Waals surface area contributed by atoms with Gasteiger partial charge >= 0.3 is 0 Å². The fraction of sp³-hybridized carbons (Fsp3) is 0.227. The van der Waals surface area contributed by atoms with E-state index in [9.17, 15) is 9.59 Å². The third kappa shape index (κ3) is 3.71. The van der Waals surface area contributed by atoms with Gasteiger partial charge in [0.1, 0.15) is 11.5 Å². The molecule has 1 atom stereocenters. The van der Waals surface area contributed by atoms with E-state index in [4.69, 9.17) is 9.15 Å². The molecular formula is C22H21N3O4. The van der Waals surface area contributed by atoms with Gasteiger partial charge in [-0.3, -0.25) is 9.59 Å². The standard InChI is InChI=1S/C22H21N3O4/c1-14(19-13-15-7-6-10-18(28-2)21(15)29-19)23-22(27)17-11-12-20(26)25(24-17)16-8-4-3-5-9-16/h3-10,13-14H,11-12H2,1-2H3,(H,23,27). The lowest BCUT2D eigenvalue weighted by atomic mass is 10.1. The number of carbonyl (C=O) groups excluding carboxylic acids is 2. The van der Waals surface area contributed by atoms with E-state index in [2.05, 4.69) is 10.4 Å². The summed E-state index contributed by atoms with van der Waals surface area (Å²) in [6, 6.07) is 16.2. The molecule has 2 amide bonds. The first kappa shape index (κ1) is 18.7. The van der Waals surface area contributed by atoms with Crippen molar-refractivity contribution in [2.75, 3.05) is 12.1 Å². The molecule has 0 saturated carbocycles. The van der Waals surface area contributed by atoms with Crippen molar-refractivity contribution in [1.29, 1.82) is 0 Å². The van der Waals surface area contributed by atoms with Crippen LogP contribution in [0.3, 0.4) is 0 Å². The molecule has 1 unspecified atom stereocenters. The minimum Gasteiger partial charge on any atom is -0.493 e. The van der Waals surface area contributed by atoms with Crippen LogP contribution in [0, 0.1) is 0 Å². The maximum atomic E-state index is 12.8. The van der Waals surface area contributed by atoms with Gasteiger partial charge in [-0.1, -0.05) is 30.3 Å². The van der Waals surface area contributed by atoms with Gasteiger partial charge in [-0.15, -0.1) is 0 Å². The fourth-order valence-electron chi connectivity index (χ4n) is 3.27. The minimum atomic E-state index is -0.370. The number of fused-ring (bicyclic) bond motifs is 1. The van der Waals surface area contributed by atoms with Gasteiger partial charge in [0, 0.05) is 18.2 Å². The number of anilines is 1. The number of ether oxygens (including phenoxy) is 1. The molecule has 4 rings (SSSR count). The molecule has 1 aliphatic rings. The van der Waals surface area contributed by atoms with E-state index >= 15 is 0 Å². The van der Waals surface area contributed by atoms with Crippen LogP contribution in [0.15, 0.2) is 64.1 Å². The van der Waals surface area contributed by atoms with Crippen LogP contribution in [0.25, 0.3) is 11.0 Å². The SMILES string of the molecule is COc1cccc2cc(C(C)NC(=O)C3=NN(c4ccccc4)C(=O)CC3)oc12. The van der Waals surface area contributed by atoms with Crippen molar-refractivity contribution in [2.45, 2.75) is 25.8 Å². The number of furan rings is 1. The molecule has 2 heterocycles. The van der Waals surface area contributed by atoms with Crippen molar-refractivity contribution >= 4 is 34.2 Å². The zero-order chi connectivity index (χ0) is 20.4. The topological polar surface area (TPSA) is 84.1 Å². The molecule has 7 nitrogen and oxygen atoms in total. The number of benzene rings is 2. The van der Waals surface area contributed by atoms with Gasteiger partial charge in [0.15, 0.2) is 11.3 Å². The molecule has 148 valence electrons. The van der Waals surface area contributed by atoms with Crippen LogP contribution in [0.5, 0.6) is 5.75 Å². The molecule has 0 bridgehead atoms. The summed E-state index contributed by atoms with van der Waals surface area (Å²) in [5, 5.41) is 9.38. The van der Waals surface area contributed by atoms with Gasteiger partial charge in [-0.05, 0) is 31.2 Å². The summed E-state index contributed by atoms with van der Waals surface area (Å²) in [6.07, 6.45) is 0.534. The average Bonchev–Trinajstić information content (AvgIpc) is 3.19. The number of methoxy groups -OCH3 is 1. The molecule has 0 fully saturated rings. The Morgan fingerprint density at radius 2 is 1.97 bits per heavy atom. The number of hydrazone groups is 1. The largest absolute Gasteiger partial charge is 0.493 e. The summed E-state index contributed by atoms with van der Waals surface area (Å²) in [7, 11) is 1.59. The molecule has 0 spiro atoms. The van der Waals surface area contributed by atoms with Crippen molar-refractivity contribution in [2.24, 2.45) is 5.10 Å². The third-order valence-corrected chi connectivity index (χ3v) is 4.82. The zero-order valence-electron chi connectivity index (χ0n) is 16.2. The first-order valence-corrected chi connectivity index (χ1v) is 9.39. The van der Waals surface area contributed by atoms with Crippen molar-refractivity contribution in [3.8, 4) is 5.75 Å². The highest BCUT2D eigenvalue weighted by Gasteiger charge is 2.27. The second-order valence-corrected chi connectivity index (χ2v) is 6.81. The van der Waals surface area contributed by atoms with Gasteiger partial charge in [0.25, 0.3) is 5.91 Å². The maximum Gasteiger partial charge on any atom is 0.268 e. The number of amides is 2. The second kappa shape index (κ2) is 7.79. The number of para-hydroxylation sites is 2. The zero-order valence-corrected chi connectivity index (χ0v) is 16.2. The molecule has 0 radical (unpaired) electrons. The highest BCUT2D eigenvalue weighted by molar-refractivity contribution is 6.40. The summed E-state index contributed by atoms with van der Waals surface area (Å²) in [4.78, 5) is 25.0. The normalized spacial score (nSPS) is 15.2. The lowest BCUT2D eigenvalue weighted by Crippen LogP contribution is -2.39. The van der Waals surface area contributed by atoms with Gasteiger partial charge in [0.05, 0.1) is 18.8 Å². The molecule has 1 aliphatic heterocycles. The first-order chi connectivity index (χ1) is 14.1. The van der Waals surface area contributed by atoms with Crippen LogP contribution in [0.4, 0.5) is 5.69 Å². The van der Waals surface area contributed by atoms with Crippen LogP contribution >= 0.6 is 0 Å². The van der Waals surface area contributed by atoms with Gasteiger partial charge < -0.3 is 14.5 Å². The van der Waals surface area contributed by atoms with E-state index in [1.165, 1.54) is 5.01 Å². The summed E-state index contributed by atoms with van der Waals surface area (Å²) >= 11 is 0. The van der Waals surface area contributed by atoms with E-state index in [0.29, 0.717) is 34.9 Å². The quantitative estimate of drug-likeness (QED) is 0.717. The van der Waals surface area contributed by atoms with Crippen molar-refractivity contribution in [3.05, 3.63) is 60.4 Å². The van der Waals surface area contributed by atoms with E-state index in [0.717, 1.165) is 5.39 Å². The summed E-state index contributed by atoms with van der Waals surface area (Å²) in [5.74, 6) is 0.801. The van der Waals surface area contributed by atoms with Crippen LogP contribution in [-0.2, 0) is 9.59 Å². The van der Waals surface area contributed by atoms with E-state index in [-0.39, 0.29) is 24.3 Å². The lowest BCUT2D eigenvalue weighted by Gasteiger charge is -2.23. The molecule has 0 aliphatic carbocycles. The number of hydrogen-bond donors (Lipinski definition) is 1. The summed E-state index contributed by atoms with van der Waals surface area (Å²) in [6.45, 7) is 1.84. The second-order valence-electron chi connectivity index (χ2n) is 6.81. The van der Waals surface area contributed by atoms with E-state index < -0.39 is 0 Å². The number of carbonyl (C=O) groups is 2. The van der Waals surface area contributed by atoms with Gasteiger partial charge in [-0.2, -0.15) is 5.10 Å². The molecule has 3 aromatic rings. The van der Waals surface area contributed by atoms with Crippen LogP contribution in [-0.4, -0.2) is 24.6 Å². The Morgan fingerprint density at radius 1 is 1.17 bits per heavy atom. The number of nitrogens with zero attached hydrogens (tertiary/aromatic N) is 2. The van der Waals surface area contributed by atoms with E-state index in [1.807, 2.05) is 49.4 Å². The molecule has 0 saturated heterocycles. The number of nitrogens with one attached hydrogen (secondary N) is 1. The Hall–Kier alpha value is -3.61. The van der Waals surface area contributed by atoms with E-state index in [1.54, 1.807) is 19.2 Å². The predicted octanol–water partition coefficient (Wildman–Crippen LogP) is 3.80. The first-order valence-electron chi connectivity index (χ1n) is 9.39. The minimum absolute atomic E-state index is 0.134.